The van der Waals surface area contributed by atoms with E-state index in [2.05, 4.69) is 10.4 Å². The molecule has 0 fully saturated rings. The molecular weight excluding hydrogens is 280 g/mol. The predicted molar refractivity (Wildman–Crippen MR) is 80.6 cm³/mol. The molecule has 6 heteroatoms. The number of nitriles is 1. The smallest absolute Gasteiger partial charge is 0.233 e. The van der Waals surface area contributed by atoms with Crippen molar-refractivity contribution in [3.05, 3.63) is 41.1 Å². The van der Waals surface area contributed by atoms with Gasteiger partial charge in [-0.2, -0.15) is 10.4 Å². The topological polar surface area (TPSA) is 79.9 Å². The quantitative estimate of drug-likeness (QED) is 0.939. The lowest BCUT2D eigenvalue weighted by Gasteiger charge is -2.12. The molecule has 0 saturated carbocycles. The molecule has 0 bridgehead atoms. The number of rotatable bonds is 3. The van der Waals surface area contributed by atoms with Crippen LogP contribution in [0.2, 0.25) is 0 Å². The Hall–Kier alpha value is -2.81. The summed E-state index contributed by atoms with van der Waals surface area (Å²) >= 11 is 0. The standard InChI is InChI=1S/C16H16N4O2/c1-20-9-11(8-17)15(19-20)18-16(21)13-6-4-10-3-5-12(22-2)7-14(10)13/h3,5,7,9,13H,4,6H2,1-2H3,(H,18,19,21). The number of nitrogens with zero attached hydrogens (tertiary/aromatic N) is 3. The number of anilines is 1. The summed E-state index contributed by atoms with van der Waals surface area (Å²) in [4.78, 5) is 12.5. The molecule has 1 heterocycles. The normalized spacial score (nSPS) is 16.0. The first-order valence-electron chi connectivity index (χ1n) is 7.03. The average Bonchev–Trinajstić information content (AvgIpc) is 3.09. The summed E-state index contributed by atoms with van der Waals surface area (Å²) in [6.45, 7) is 0. The van der Waals surface area contributed by atoms with Crippen LogP contribution in [0, 0.1) is 11.3 Å². The first kappa shape index (κ1) is 14.1. The van der Waals surface area contributed by atoms with Gasteiger partial charge < -0.3 is 10.1 Å². The molecule has 1 atom stereocenters. The van der Waals surface area contributed by atoms with Gasteiger partial charge in [0.1, 0.15) is 17.4 Å². The van der Waals surface area contributed by atoms with Crippen molar-refractivity contribution in [1.82, 2.24) is 9.78 Å². The van der Waals surface area contributed by atoms with Crippen LogP contribution < -0.4 is 10.1 Å². The van der Waals surface area contributed by atoms with E-state index in [0.29, 0.717) is 11.4 Å². The number of hydrogen-bond acceptors (Lipinski definition) is 4. The zero-order valence-electron chi connectivity index (χ0n) is 12.5. The van der Waals surface area contributed by atoms with Crippen molar-refractivity contribution in [3.8, 4) is 11.8 Å². The molecule has 1 N–H and O–H groups in total. The van der Waals surface area contributed by atoms with E-state index in [-0.39, 0.29) is 11.8 Å². The summed E-state index contributed by atoms with van der Waals surface area (Å²) < 4.78 is 6.75. The van der Waals surface area contributed by atoms with Crippen LogP contribution in [0.5, 0.6) is 5.75 Å². The van der Waals surface area contributed by atoms with Crippen LogP contribution >= 0.6 is 0 Å². The Bertz CT molecular complexity index is 773. The number of ether oxygens (including phenoxy) is 1. The summed E-state index contributed by atoms with van der Waals surface area (Å²) in [6.07, 6.45) is 3.20. The Labute approximate surface area is 128 Å². The van der Waals surface area contributed by atoms with Gasteiger partial charge in [-0.1, -0.05) is 6.07 Å². The van der Waals surface area contributed by atoms with Crippen molar-refractivity contribution >= 4 is 11.7 Å². The number of methoxy groups -OCH3 is 1. The third-order valence-electron chi connectivity index (χ3n) is 3.94. The maximum atomic E-state index is 12.5. The van der Waals surface area contributed by atoms with Crippen LogP contribution in [0.4, 0.5) is 5.82 Å². The van der Waals surface area contributed by atoms with Gasteiger partial charge in [-0.3, -0.25) is 9.48 Å². The maximum absolute atomic E-state index is 12.5. The molecule has 0 spiro atoms. The fourth-order valence-corrected chi connectivity index (χ4v) is 2.85. The van der Waals surface area contributed by atoms with Gasteiger partial charge in [0, 0.05) is 13.2 Å². The van der Waals surface area contributed by atoms with Crippen LogP contribution in [-0.4, -0.2) is 22.8 Å². The number of nitrogens with one attached hydrogen (secondary N) is 1. The fourth-order valence-electron chi connectivity index (χ4n) is 2.85. The number of aryl methyl sites for hydroxylation is 2. The number of aromatic nitrogens is 2. The highest BCUT2D eigenvalue weighted by Crippen LogP contribution is 2.36. The molecule has 112 valence electrons. The third-order valence-corrected chi connectivity index (χ3v) is 3.94. The molecule has 0 aliphatic heterocycles. The lowest BCUT2D eigenvalue weighted by molar-refractivity contribution is -0.117. The lowest BCUT2D eigenvalue weighted by atomic mass is 10.00. The largest absolute Gasteiger partial charge is 0.497 e. The first-order chi connectivity index (χ1) is 10.6. The molecule has 1 unspecified atom stereocenters. The van der Waals surface area contributed by atoms with Gasteiger partial charge in [-0.15, -0.1) is 0 Å². The Kier molecular flexibility index (Phi) is 3.55. The van der Waals surface area contributed by atoms with Crippen LogP contribution in [0.25, 0.3) is 0 Å². The van der Waals surface area contributed by atoms with Gasteiger partial charge in [0.2, 0.25) is 5.91 Å². The number of carbonyl (C=O) groups is 1. The number of fused-ring (bicyclic) bond motifs is 1. The van der Waals surface area contributed by atoms with Crippen molar-refractivity contribution in [3.63, 3.8) is 0 Å². The van der Waals surface area contributed by atoms with E-state index in [1.807, 2.05) is 24.3 Å². The molecule has 0 saturated heterocycles. The van der Waals surface area contributed by atoms with Crippen LogP contribution in [0.3, 0.4) is 0 Å². The number of benzene rings is 1. The monoisotopic (exact) mass is 296 g/mol. The summed E-state index contributed by atoms with van der Waals surface area (Å²) in [5.41, 5.74) is 2.52. The minimum Gasteiger partial charge on any atom is -0.497 e. The zero-order valence-corrected chi connectivity index (χ0v) is 12.5. The number of amides is 1. The minimum atomic E-state index is -0.237. The summed E-state index contributed by atoms with van der Waals surface area (Å²) in [7, 11) is 3.32. The molecule has 1 aromatic heterocycles. The molecule has 22 heavy (non-hydrogen) atoms. The van der Waals surface area contributed by atoms with Gasteiger partial charge in [0.25, 0.3) is 0 Å². The molecule has 2 aromatic rings. The van der Waals surface area contributed by atoms with E-state index in [1.54, 1.807) is 20.4 Å². The van der Waals surface area contributed by atoms with Crippen LogP contribution in [-0.2, 0) is 18.3 Å². The van der Waals surface area contributed by atoms with E-state index in [4.69, 9.17) is 10.00 Å². The molecule has 6 nitrogen and oxygen atoms in total. The van der Waals surface area contributed by atoms with Crippen LogP contribution in [0.1, 0.15) is 29.0 Å². The van der Waals surface area contributed by atoms with Gasteiger partial charge in [-0.25, -0.2) is 0 Å². The highest BCUT2D eigenvalue weighted by Gasteiger charge is 2.30. The van der Waals surface area contributed by atoms with E-state index in [0.717, 1.165) is 24.2 Å². The molecule has 0 radical (unpaired) electrons. The average molecular weight is 296 g/mol. The second kappa shape index (κ2) is 5.53. The van der Waals surface area contributed by atoms with Crippen molar-refractivity contribution in [2.75, 3.05) is 12.4 Å². The molecule has 1 aromatic carbocycles. The van der Waals surface area contributed by atoms with Gasteiger partial charge in [0.15, 0.2) is 5.82 Å². The number of hydrogen-bond donors (Lipinski definition) is 1. The SMILES string of the molecule is COc1ccc2c(c1)C(C(=O)Nc1nn(C)cc1C#N)CC2. The fraction of sp³-hybridized carbons (Fsp3) is 0.312. The molecule has 1 amide bonds. The molecule has 1 aliphatic carbocycles. The Morgan fingerprint density at radius 1 is 1.55 bits per heavy atom. The summed E-state index contributed by atoms with van der Waals surface area (Å²) in [5.74, 6) is 0.682. The second-order valence-electron chi connectivity index (χ2n) is 5.32. The molecule has 3 rings (SSSR count). The van der Waals surface area contributed by atoms with Gasteiger partial charge in [-0.05, 0) is 36.1 Å². The van der Waals surface area contributed by atoms with Crippen molar-refractivity contribution in [2.45, 2.75) is 18.8 Å². The highest BCUT2D eigenvalue weighted by molar-refractivity contribution is 5.96. The highest BCUT2D eigenvalue weighted by atomic mass is 16.5. The molecule has 1 aliphatic rings. The summed E-state index contributed by atoms with van der Waals surface area (Å²) in [6, 6.07) is 7.86. The van der Waals surface area contributed by atoms with Crippen molar-refractivity contribution < 1.29 is 9.53 Å². The van der Waals surface area contributed by atoms with E-state index in [1.165, 1.54) is 10.2 Å². The van der Waals surface area contributed by atoms with Crippen molar-refractivity contribution in [1.29, 1.82) is 5.26 Å². The Morgan fingerprint density at radius 2 is 2.36 bits per heavy atom. The Balaban J connectivity index is 1.85. The predicted octanol–water partition coefficient (Wildman–Crippen LogP) is 1.97. The molecular formula is C16H16N4O2. The third kappa shape index (κ3) is 2.42. The van der Waals surface area contributed by atoms with Crippen molar-refractivity contribution in [2.24, 2.45) is 7.05 Å². The van der Waals surface area contributed by atoms with E-state index < -0.39 is 0 Å². The van der Waals surface area contributed by atoms with Crippen LogP contribution in [0.15, 0.2) is 24.4 Å². The number of carbonyl (C=O) groups excluding carboxylic acids is 1. The van der Waals surface area contributed by atoms with Gasteiger partial charge >= 0.3 is 0 Å². The zero-order chi connectivity index (χ0) is 15.7. The first-order valence-corrected chi connectivity index (χ1v) is 7.03. The minimum absolute atomic E-state index is 0.137. The lowest BCUT2D eigenvalue weighted by Crippen LogP contribution is -2.20. The van der Waals surface area contributed by atoms with E-state index in [9.17, 15) is 4.79 Å². The maximum Gasteiger partial charge on any atom is 0.233 e. The Morgan fingerprint density at radius 3 is 3.09 bits per heavy atom. The summed E-state index contributed by atoms with van der Waals surface area (Å²) in [5, 5.41) is 16.0. The second-order valence-corrected chi connectivity index (χ2v) is 5.32. The van der Waals surface area contributed by atoms with E-state index >= 15 is 0 Å². The van der Waals surface area contributed by atoms with Gasteiger partial charge in [0.05, 0.1) is 13.0 Å².